The summed E-state index contributed by atoms with van der Waals surface area (Å²) in [6.07, 6.45) is 0.362. The molecule has 5 nitrogen and oxygen atoms in total. The fourth-order valence-corrected chi connectivity index (χ4v) is 2.13. The van der Waals surface area contributed by atoms with E-state index in [2.05, 4.69) is 26.6 Å². The monoisotopic (exact) mass is 348 g/mol. The Morgan fingerprint density at radius 3 is 2.80 bits per heavy atom. The summed E-state index contributed by atoms with van der Waals surface area (Å²) in [4.78, 5) is 11.9. The van der Waals surface area contributed by atoms with E-state index in [1.165, 1.54) is 25.3 Å². The molecule has 112 valence electrons. The maximum atomic E-state index is 13.1. The van der Waals surface area contributed by atoms with Gasteiger partial charge in [0.1, 0.15) is 5.82 Å². The summed E-state index contributed by atoms with van der Waals surface area (Å²) in [7, 11) is 1.52. The normalized spacial score (nSPS) is 13.7. The summed E-state index contributed by atoms with van der Waals surface area (Å²) in [6.45, 7) is 1.98. The molecule has 0 fully saturated rings. The average Bonchev–Trinajstić information content (AvgIpc) is 2.34. The number of methoxy groups -OCH3 is 1. The molecule has 0 aliphatic carbocycles. The molecule has 7 heteroatoms. The number of aliphatic hydroxyl groups is 1. The van der Waals surface area contributed by atoms with Crippen LogP contribution in [0, 0.1) is 5.82 Å². The molecule has 1 aromatic carbocycles. The van der Waals surface area contributed by atoms with Crippen LogP contribution < -0.4 is 10.6 Å². The zero-order chi connectivity index (χ0) is 15.2. The quantitative estimate of drug-likeness (QED) is 0.739. The lowest BCUT2D eigenvalue weighted by Crippen LogP contribution is -2.51. The van der Waals surface area contributed by atoms with Crippen LogP contribution in [-0.2, 0) is 4.74 Å². The highest BCUT2D eigenvalue weighted by molar-refractivity contribution is 9.10. The number of nitrogens with one attached hydrogen (secondary N) is 2. The SMILES string of the molecule is COCC(C)(CCO)NC(=O)Nc1ccc(F)c(Br)c1. The smallest absolute Gasteiger partial charge is 0.319 e. The lowest BCUT2D eigenvalue weighted by molar-refractivity contribution is 0.104. The Hall–Kier alpha value is -1.18. The highest BCUT2D eigenvalue weighted by Crippen LogP contribution is 2.20. The first-order chi connectivity index (χ1) is 9.40. The molecule has 0 aliphatic rings. The van der Waals surface area contributed by atoms with Gasteiger partial charge in [-0.1, -0.05) is 0 Å². The van der Waals surface area contributed by atoms with E-state index in [0.29, 0.717) is 12.1 Å². The lowest BCUT2D eigenvalue weighted by Gasteiger charge is -2.29. The van der Waals surface area contributed by atoms with Crippen molar-refractivity contribution in [1.29, 1.82) is 0 Å². The van der Waals surface area contributed by atoms with Crippen molar-refractivity contribution in [2.75, 3.05) is 25.6 Å². The number of carbonyl (C=O) groups is 1. The maximum Gasteiger partial charge on any atom is 0.319 e. The molecule has 0 radical (unpaired) electrons. The van der Waals surface area contributed by atoms with Crippen molar-refractivity contribution in [3.63, 3.8) is 0 Å². The number of ether oxygens (including phenoxy) is 1. The Morgan fingerprint density at radius 2 is 2.25 bits per heavy atom. The van der Waals surface area contributed by atoms with Crippen LogP contribution in [0.15, 0.2) is 22.7 Å². The van der Waals surface area contributed by atoms with E-state index in [1.54, 1.807) is 6.92 Å². The fourth-order valence-electron chi connectivity index (χ4n) is 1.75. The third-order valence-electron chi connectivity index (χ3n) is 2.72. The molecule has 2 amide bonds. The van der Waals surface area contributed by atoms with Gasteiger partial charge in [-0.3, -0.25) is 0 Å². The van der Waals surface area contributed by atoms with Crippen LogP contribution in [0.25, 0.3) is 0 Å². The summed E-state index contributed by atoms with van der Waals surface area (Å²) >= 11 is 3.05. The van der Waals surface area contributed by atoms with Gasteiger partial charge in [0.15, 0.2) is 0 Å². The summed E-state index contributed by atoms with van der Waals surface area (Å²) in [6, 6.07) is 3.73. The van der Waals surface area contributed by atoms with Crippen LogP contribution in [0.3, 0.4) is 0 Å². The second kappa shape index (κ2) is 7.56. The zero-order valence-electron chi connectivity index (χ0n) is 11.4. The average molecular weight is 349 g/mol. The van der Waals surface area contributed by atoms with Crippen LogP contribution >= 0.6 is 15.9 Å². The number of rotatable bonds is 6. The van der Waals surface area contributed by atoms with Gasteiger partial charge in [0.25, 0.3) is 0 Å². The van der Waals surface area contributed by atoms with Crippen LogP contribution in [-0.4, -0.2) is 37.0 Å². The molecule has 1 aromatic rings. The van der Waals surface area contributed by atoms with E-state index in [0.717, 1.165) is 0 Å². The van der Waals surface area contributed by atoms with Gasteiger partial charge in [-0.05, 0) is 47.5 Å². The van der Waals surface area contributed by atoms with Crippen molar-refractivity contribution >= 4 is 27.6 Å². The highest BCUT2D eigenvalue weighted by Gasteiger charge is 2.25. The topological polar surface area (TPSA) is 70.6 Å². The van der Waals surface area contributed by atoms with E-state index in [4.69, 9.17) is 9.84 Å². The Morgan fingerprint density at radius 1 is 1.55 bits per heavy atom. The largest absolute Gasteiger partial charge is 0.396 e. The lowest BCUT2D eigenvalue weighted by atomic mass is 10.00. The predicted octanol–water partition coefficient (Wildman–Crippen LogP) is 2.50. The van der Waals surface area contributed by atoms with E-state index in [1.807, 2.05) is 0 Å². The molecule has 20 heavy (non-hydrogen) atoms. The second-order valence-corrected chi connectivity index (χ2v) is 5.53. The first-order valence-electron chi connectivity index (χ1n) is 6.04. The van der Waals surface area contributed by atoms with E-state index in [-0.39, 0.29) is 17.7 Å². The minimum absolute atomic E-state index is 0.0672. The molecular weight excluding hydrogens is 331 g/mol. The third kappa shape index (κ3) is 5.07. The number of anilines is 1. The van der Waals surface area contributed by atoms with Gasteiger partial charge in [0.2, 0.25) is 0 Å². The highest BCUT2D eigenvalue weighted by atomic mass is 79.9. The number of hydrogen-bond donors (Lipinski definition) is 3. The number of carbonyl (C=O) groups excluding carboxylic acids is 1. The Balaban J connectivity index is 2.67. The number of halogens is 2. The van der Waals surface area contributed by atoms with Gasteiger partial charge in [0.05, 0.1) is 16.6 Å². The fraction of sp³-hybridized carbons (Fsp3) is 0.462. The Bertz CT molecular complexity index is 465. The van der Waals surface area contributed by atoms with Crippen molar-refractivity contribution in [3.05, 3.63) is 28.5 Å². The maximum absolute atomic E-state index is 13.1. The molecule has 0 aromatic heterocycles. The van der Waals surface area contributed by atoms with Crippen LogP contribution in [0.4, 0.5) is 14.9 Å². The molecule has 3 N–H and O–H groups in total. The molecule has 0 saturated carbocycles. The molecule has 1 atom stereocenters. The minimum Gasteiger partial charge on any atom is -0.396 e. The summed E-state index contributed by atoms with van der Waals surface area (Å²) < 4.78 is 18.4. The summed E-state index contributed by atoms with van der Waals surface area (Å²) in [5.41, 5.74) is -0.218. The van der Waals surface area contributed by atoms with Crippen molar-refractivity contribution in [2.24, 2.45) is 0 Å². The van der Waals surface area contributed by atoms with Gasteiger partial charge < -0.3 is 20.5 Å². The van der Waals surface area contributed by atoms with Gasteiger partial charge in [0, 0.05) is 19.4 Å². The molecule has 1 rings (SSSR count). The summed E-state index contributed by atoms with van der Waals surface area (Å²) in [5, 5.41) is 14.4. The van der Waals surface area contributed by atoms with Crippen molar-refractivity contribution in [3.8, 4) is 0 Å². The van der Waals surface area contributed by atoms with E-state index in [9.17, 15) is 9.18 Å². The molecule has 0 spiro atoms. The van der Waals surface area contributed by atoms with E-state index >= 15 is 0 Å². The molecular formula is C13H18BrFN2O3. The van der Waals surface area contributed by atoms with Crippen molar-refractivity contribution in [2.45, 2.75) is 18.9 Å². The predicted molar refractivity (Wildman–Crippen MR) is 78.2 cm³/mol. The first kappa shape index (κ1) is 16.9. The van der Waals surface area contributed by atoms with Crippen LogP contribution in [0.5, 0.6) is 0 Å². The number of amides is 2. The number of benzene rings is 1. The molecule has 0 aliphatic heterocycles. The van der Waals surface area contributed by atoms with Crippen molar-refractivity contribution in [1.82, 2.24) is 5.32 Å². The van der Waals surface area contributed by atoms with Crippen molar-refractivity contribution < 1.29 is 19.0 Å². The van der Waals surface area contributed by atoms with E-state index < -0.39 is 17.4 Å². The molecule has 1 unspecified atom stereocenters. The molecule has 0 bridgehead atoms. The third-order valence-corrected chi connectivity index (χ3v) is 3.33. The van der Waals surface area contributed by atoms with Gasteiger partial charge in [-0.25, -0.2) is 9.18 Å². The number of aliphatic hydroxyl groups excluding tert-OH is 1. The zero-order valence-corrected chi connectivity index (χ0v) is 13.0. The van der Waals surface area contributed by atoms with Gasteiger partial charge in [-0.15, -0.1) is 0 Å². The standard InChI is InChI=1S/C13H18BrFN2O3/c1-13(5-6-18,8-20-2)17-12(19)16-9-3-4-11(15)10(14)7-9/h3-4,7,18H,5-6,8H2,1-2H3,(H2,16,17,19). The van der Waals surface area contributed by atoms with Crippen LogP contribution in [0.2, 0.25) is 0 Å². The Labute approximate surface area is 125 Å². The van der Waals surface area contributed by atoms with Gasteiger partial charge >= 0.3 is 6.03 Å². The first-order valence-corrected chi connectivity index (χ1v) is 6.83. The minimum atomic E-state index is -0.676. The van der Waals surface area contributed by atoms with Crippen LogP contribution in [0.1, 0.15) is 13.3 Å². The molecule has 0 saturated heterocycles. The molecule has 0 heterocycles. The number of urea groups is 1. The summed E-state index contributed by atoms with van der Waals surface area (Å²) in [5.74, 6) is -0.402. The van der Waals surface area contributed by atoms with Gasteiger partial charge in [-0.2, -0.15) is 0 Å². The Kier molecular flexibility index (Phi) is 6.38. The number of hydrogen-bond acceptors (Lipinski definition) is 3. The second-order valence-electron chi connectivity index (χ2n) is 4.68.